The predicted octanol–water partition coefficient (Wildman–Crippen LogP) is 2.71. The number of alkyl halides is 1. The maximum absolute atomic E-state index is 11.3. The normalized spacial score (nSPS) is 19.1. The van der Waals surface area contributed by atoms with Crippen LogP contribution in [0.1, 0.15) is 18.7 Å². The summed E-state index contributed by atoms with van der Waals surface area (Å²) >= 11 is 12.0. The summed E-state index contributed by atoms with van der Waals surface area (Å²) in [6, 6.07) is 5.73. The summed E-state index contributed by atoms with van der Waals surface area (Å²) in [6.07, 6.45) is 1.44. The second kappa shape index (κ2) is 5.02. The summed E-state index contributed by atoms with van der Waals surface area (Å²) in [7, 11) is 0. The fraction of sp³-hybridized carbons (Fsp3) is 0.385. The van der Waals surface area contributed by atoms with Crippen LogP contribution in [0.5, 0.6) is 0 Å². The highest BCUT2D eigenvalue weighted by atomic mass is 35.5. The average Bonchev–Trinajstić information content (AvgIpc) is 2.94. The van der Waals surface area contributed by atoms with Gasteiger partial charge in [-0.2, -0.15) is 0 Å². The van der Waals surface area contributed by atoms with E-state index in [0.717, 1.165) is 23.3 Å². The number of fused-ring (bicyclic) bond motifs is 1. The SMILES string of the molecule is O=C1CCC(Cn2c(CCl)nc3ccc(Cl)cc32)N1. The Morgan fingerprint density at radius 2 is 2.32 bits per heavy atom. The highest BCUT2D eigenvalue weighted by molar-refractivity contribution is 6.31. The van der Waals surface area contributed by atoms with E-state index in [9.17, 15) is 4.79 Å². The van der Waals surface area contributed by atoms with Crippen molar-refractivity contribution < 1.29 is 4.79 Å². The Hall–Kier alpha value is -1.26. The van der Waals surface area contributed by atoms with Crippen LogP contribution in [0.15, 0.2) is 18.2 Å². The molecular formula is C13H13Cl2N3O. The number of hydrogen-bond acceptors (Lipinski definition) is 2. The average molecular weight is 298 g/mol. The predicted molar refractivity (Wildman–Crippen MR) is 75.5 cm³/mol. The van der Waals surface area contributed by atoms with Gasteiger partial charge in [0.25, 0.3) is 0 Å². The first-order valence-electron chi connectivity index (χ1n) is 6.17. The lowest BCUT2D eigenvalue weighted by atomic mass is 10.2. The van der Waals surface area contributed by atoms with E-state index in [4.69, 9.17) is 23.2 Å². The summed E-state index contributed by atoms with van der Waals surface area (Å²) in [6.45, 7) is 0.685. The zero-order valence-corrected chi connectivity index (χ0v) is 11.7. The minimum absolute atomic E-state index is 0.111. The third-order valence-corrected chi connectivity index (χ3v) is 3.87. The van der Waals surface area contributed by atoms with Crippen LogP contribution < -0.4 is 5.32 Å². The Labute approximate surface area is 120 Å². The number of amides is 1. The van der Waals surface area contributed by atoms with Crippen LogP contribution >= 0.6 is 23.2 Å². The number of benzene rings is 1. The second-order valence-corrected chi connectivity index (χ2v) is 5.41. The van der Waals surface area contributed by atoms with E-state index in [0.29, 0.717) is 23.9 Å². The number of carbonyl (C=O) groups is 1. The smallest absolute Gasteiger partial charge is 0.220 e. The van der Waals surface area contributed by atoms with Crippen LogP contribution in [-0.2, 0) is 17.2 Å². The lowest BCUT2D eigenvalue weighted by Gasteiger charge is -2.13. The molecule has 0 saturated carbocycles. The zero-order valence-electron chi connectivity index (χ0n) is 10.2. The maximum Gasteiger partial charge on any atom is 0.220 e. The molecule has 19 heavy (non-hydrogen) atoms. The number of hydrogen-bond donors (Lipinski definition) is 1. The van der Waals surface area contributed by atoms with E-state index in [2.05, 4.69) is 10.3 Å². The van der Waals surface area contributed by atoms with Gasteiger partial charge in [0, 0.05) is 24.0 Å². The molecule has 0 spiro atoms. The molecule has 2 heterocycles. The van der Waals surface area contributed by atoms with Crippen LogP contribution in [0.4, 0.5) is 0 Å². The number of nitrogens with zero attached hydrogens (tertiary/aromatic N) is 2. The molecule has 1 atom stereocenters. The molecule has 3 rings (SSSR count). The summed E-state index contributed by atoms with van der Waals surface area (Å²) in [5, 5.41) is 3.63. The van der Waals surface area contributed by atoms with Crippen LogP contribution in [0.25, 0.3) is 11.0 Å². The van der Waals surface area contributed by atoms with Crippen molar-refractivity contribution in [2.45, 2.75) is 31.3 Å². The van der Waals surface area contributed by atoms with Gasteiger partial charge >= 0.3 is 0 Å². The standard InChI is InChI=1S/C13H13Cl2N3O/c14-6-12-17-10-3-1-8(15)5-11(10)18(12)7-9-2-4-13(19)16-9/h1,3,5,9H,2,4,6-7H2,(H,16,19). The summed E-state index contributed by atoms with van der Waals surface area (Å²) in [4.78, 5) is 15.8. The molecule has 6 heteroatoms. The highest BCUT2D eigenvalue weighted by Crippen LogP contribution is 2.23. The van der Waals surface area contributed by atoms with E-state index in [1.807, 2.05) is 22.8 Å². The Balaban J connectivity index is 2.00. The fourth-order valence-corrected chi connectivity index (χ4v) is 2.86. The van der Waals surface area contributed by atoms with Gasteiger partial charge in [-0.05, 0) is 24.6 Å². The molecule has 1 saturated heterocycles. The van der Waals surface area contributed by atoms with Gasteiger partial charge in [-0.1, -0.05) is 11.6 Å². The van der Waals surface area contributed by atoms with E-state index >= 15 is 0 Å². The zero-order chi connectivity index (χ0) is 13.4. The summed E-state index contributed by atoms with van der Waals surface area (Å²) in [5.41, 5.74) is 1.84. The molecule has 1 unspecified atom stereocenters. The van der Waals surface area contributed by atoms with Crippen molar-refractivity contribution in [2.75, 3.05) is 0 Å². The van der Waals surface area contributed by atoms with Gasteiger partial charge in [-0.3, -0.25) is 4.79 Å². The van der Waals surface area contributed by atoms with Crippen molar-refractivity contribution in [3.63, 3.8) is 0 Å². The summed E-state index contributed by atoms with van der Waals surface area (Å²) in [5.74, 6) is 1.26. The number of carbonyl (C=O) groups excluding carboxylic acids is 1. The number of imidazole rings is 1. The van der Waals surface area contributed by atoms with Crippen molar-refractivity contribution in [2.24, 2.45) is 0 Å². The quantitative estimate of drug-likeness (QED) is 0.886. The number of nitrogens with one attached hydrogen (secondary N) is 1. The minimum Gasteiger partial charge on any atom is -0.352 e. The molecular weight excluding hydrogens is 285 g/mol. The summed E-state index contributed by atoms with van der Waals surface area (Å²) < 4.78 is 2.05. The number of aromatic nitrogens is 2. The Kier molecular flexibility index (Phi) is 3.37. The molecule has 2 aromatic rings. The van der Waals surface area contributed by atoms with E-state index in [-0.39, 0.29) is 11.9 Å². The van der Waals surface area contributed by atoms with Crippen molar-refractivity contribution >= 4 is 40.1 Å². The van der Waals surface area contributed by atoms with Crippen molar-refractivity contribution in [1.29, 1.82) is 0 Å². The molecule has 1 fully saturated rings. The van der Waals surface area contributed by atoms with Gasteiger partial charge in [0.1, 0.15) is 5.82 Å². The van der Waals surface area contributed by atoms with Crippen molar-refractivity contribution in [1.82, 2.24) is 14.9 Å². The third-order valence-electron chi connectivity index (χ3n) is 3.40. The van der Waals surface area contributed by atoms with E-state index in [1.54, 1.807) is 0 Å². The number of halogens is 2. The molecule has 100 valence electrons. The van der Waals surface area contributed by atoms with Crippen LogP contribution in [0.2, 0.25) is 5.02 Å². The second-order valence-electron chi connectivity index (χ2n) is 4.71. The van der Waals surface area contributed by atoms with Gasteiger partial charge in [-0.25, -0.2) is 4.98 Å². The molecule has 0 aliphatic carbocycles. The minimum atomic E-state index is 0.111. The Bertz CT molecular complexity index is 638. The van der Waals surface area contributed by atoms with Gasteiger partial charge in [0.05, 0.1) is 16.9 Å². The Morgan fingerprint density at radius 3 is 3.00 bits per heavy atom. The van der Waals surface area contributed by atoms with Crippen LogP contribution in [0.3, 0.4) is 0 Å². The fourth-order valence-electron chi connectivity index (χ4n) is 2.49. The maximum atomic E-state index is 11.3. The Morgan fingerprint density at radius 1 is 1.47 bits per heavy atom. The monoisotopic (exact) mass is 297 g/mol. The number of rotatable bonds is 3. The molecule has 1 N–H and O–H groups in total. The lowest BCUT2D eigenvalue weighted by Crippen LogP contribution is -2.30. The highest BCUT2D eigenvalue weighted by Gasteiger charge is 2.23. The topological polar surface area (TPSA) is 46.9 Å². The van der Waals surface area contributed by atoms with Gasteiger partial charge < -0.3 is 9.88 Å². The van der Waals surface area contributed by atoms with E-state index in [1.165, 1.54) is 0 Å². The first kappa shape index (κ1) is 12.8. The molecule has 1 aliphatic rings. The van der Waals surface area contributed by atoms with Crippen LogP contribution in [-0.4, -0.2) is 21.5 Å². The molecule has 1 aromatic heterocycles. The van der Waals surface area contributed by atoms with Gasteiger partial charge in [0.15, 0.2) is 0 Å². The first-order valence-corrected chi connectivity index (χ1v) is 7.08. The molecule has 0 radical (unpaired) electrons. The van der Waals surface area contributed by atoms with Crippen molar-refractivity contribution in [3.05, 3.63) is 29.0 Å². The largest absolute Gasteiger partial charge is 0.352 e. The van der Waals surface area contributed by atoms with Crippen LogP contribution in [0, 0.1) is 0 Å². The molecule has 4 nitrogen and oxygen atoms in total. The van der Waals surface area contributed by atoms with Crippen molar-refractivity contribution in [3.8, 4) is 0 Å². The van der Waals surface area contributed by atoms with Gasteiger partial charge in [0.2, 0.25) is 5.91 Å². The molecule has 1 aromatic carbocycles. The first-order chi connectivity index (χ1) is 9.17. The lowest BCUT2D eigenvalue weighted by molar-refractivity contribution is -0.119. The third kappa shape index (κ3) is 2.42. The molecule has 1 amide bonds. The molecule has 0 bridgehead atoms. The van der Waals surface area contributed by atoms with Gasteiger partial charge in [-0.15, -0.1) is 11.6 Å². The van der Waals surface area contributed by atoms with E-state index < -0.39 is 0 Å². The molecule has 1 aliphatic heterocycles.